The van der Waals surface area contributed by atoms with Crippen LogP contribution in [0.1, 0.15) is 12.5 Å². The van der Waals surface area contributed by atoms with Gasteiger partial charge in [0.15, 0.2) is 11.9 Å². The van der Waals surface area contributed by atoms with E-state index in [1.165, 1.54) is 18.3 Å². The Balaban J connectivity index is 1.29. The molecule has 0 fully saturated rings. The molecule has 0 aliphatic heterocycles. The molecule has 34 heavy (non-hydrogen) atoms. The first-order chi connectivity index (χ1) is 16.3. The van der Waals surface area contributed by atoms with E-state index < -0.39 is 23.8 Å². The van der Waals surface area contributed by atoms with Gasteiger partial charge in [0, 0.05) is 0 Å². The number of fused-ring (bicyclic) bond motifs is 1. The normalized spacial score (nSPS) is 12.1. The molecule has 0 radical (unpaired) electrons. The number of benzene rings is 3. The van der Waals surface area contributed by atoms with E-state index in [0.717, 1.165) is 17.6 Å². The van der Waals surface area contributed by atoms with Crippen LogP contribution in [-0.4, -0.2) is 22.0 Å². The lowest BCUT2D eigenvalue weighted by atomic mass is 10.2. The number of amides is 1. The molecule has 1 aromatic heterocycles. The van der Waals surface area contributed by atoms with Gasteiger partial charge in [0.05, 0.1) is 22.8 Å². The molecule has 1 amide bonds. The number of hydrogen-bond donors (Lipinski definition) is 2. The van der Waals surface area contributed by atoms with Gasteiger partial charge < -0.3 is 9.47 Å². The smallest absolute Gasteiger partial charge is 0.416 e. The minimum Gasteiger partial charge on any atom is -0.481 e. The zero-order chi connectivity index (χ0) is 24.1. The maximum atomic E-state index is 12.7. The predicted octanol–water partition coefficient (Wildman–Crippen LogP) is 5.35. The SMILES string of the molecule is CC(Oc1ccc(Oc2ccc(C(F)(F)F)cc2)cc1)C(=O)NNc1cnc2ccccc2n1. The second-order valence-electron chi connectivity index (χ2n) is 7.21. The number of para-hydroxylation sites is 2. The minimum absolute atomic E-state index is 0.261. The van der Waals surface area contributed by atoms with Crippen LogP contribution in [0.5, 0.6) is 17.2 Å². The van der Waals surface area contributed by atoms with Gasteiger partial charge in [-0.25, -0.2) is 4.98 Å². The first-order valence-corrected chi connectivity index (χ1v) is 10.2. The van der Waals surface area contributed by atoms with Crippen LogP contribution >= 0.6 is 0 Å². The molecule has 7 nitrogen and oxygen atoms in total. The molecule has 0 bridgehead atoms. The maximum Gasteiger partial charge on any atom is 0.416 e. The van der Waals surface area contributed by atoms with E-state index in [-0.39, 0.29) is 5.75 Å². The number of nitrogens with one attached hydrogen (secondary N) is 2. The quantitative estimate of drug-likeness (QED) is 0.356. The number of rotatable bonds is 7. The van der Waals surface area contributed by atoms with Gasteiger partial charge in [0.2, 0.25) is 0 Å². The van der Waals surface area contributed by atoms with Crippen molar-refractivity contribution in [3.05, 3.63) is 84.6 Å². The lowest BCUT2D eigenvalue weighted by Crippen LogP contribution is -2.39. The number of aromatic nitrogens is 2. The number of ether oxygens (including phenoxy) is 2. The van der Waals surface area contributed by atoms with Crippen molar-refractivity contribution in [3.63, 3.8) is 0 Å². The van der Waals surface area contributed by atoms with Crippen molar-refractivity contribution < 1.29 is 27.4 Å². The molecule has 0 aliphatic rings. The molecule has 1 unspecified atom stereocenters. The van der Waals surface area contributed by atoms with E-state index in [2.05, 4.69) is 20.8 Å². The number of halogens is 3. The Labute approximate surface area is 192 Å². The summed E-state index contributed by atoms with van der Waals surface area (Å²) in [5.74, 6) is 1.02. The average molecular weight is 468 g/mol. The predicted molar refractivity (Wildman–Crippen MR) is 119 cm³/mol. The van der Waals surface area contributed by atoms with E-state index in [1.807, 2.05) is 24.3 Å². The van der Waals surface area contributed by atoms with Crippen LogP contribution < -0.4 is 20.3 Å². The number of carbonyl (C=O) groups excluding carboxylic acids is 1. The molecule has 0 aliphatic carbocycles. The molecule has 4 aromatic rings. The molecule has 3 aromatic carbocycles. The van der Waals surface area contributed by atoms with Gasteiger partial charge in [-0.2, -0.15) is 13.2 Å². The highest BCUT2D eigenvalue weighted by atomic mass is 19.4. The summed E-state index contributed by atoms with van der Waals surface area (Å²) >= 11 is 0. The van der Waals surface area contributed by atoms with Crippen molar-refractivity contribution in [2.45, 2.75) is 19.2 Å². The van der Waals surface area contributed by atoms with Gasteiger partial charge in [-0.05, 0) is 67.6 Å². The Kier molecular flexibility index (Phi) is 6.48. The van der Waals surface area contributed by atoms with Crippen molar-refractivity contribution >= 4 is 22.8 Å². The van der Waals surface area contributed by atoms with E-state index in [4.69, 9.17) is 9.47 Å². The highest BCUT2D eigenvalue weighted by Crippen LogP contribution is 2.31. The zero-order valence-corrected chi connectivity index (χ0v) is 17.8. The van der Waals surface area contributed by atoms with Crippen LogP contribution in [-0.2, 0) is 11.0 Å². The van der Waals surface area contributed by atoms with E-state index in [1.54, 1.807) is 31.2 Å². The van der Waals surface area contributed by atoms with Crippen LogP contribution in [0, 0.1) is 0 Å². The Hall–Kier alpha value is -4.34. The van der Waals surface area contributed by atoms with E-state index in [0.29, 0.717) is 22.8 Å². The Morgan fingerprint density at radius 1 is 0.882 bits per heavy atom. The van der Waals surface area contributed by atoms with E-state index >= 15 is 0 Å². The number of hydrogen-bond acceptors (Lipinski definition) is 6. The largest absolute Gasteiger partial charge is 0.481 e. The molecule has 0 saturated heterocycles. The van der Waals surface area contributed by atoms with Crippen molar-refractivity contribution in [2.24, 2.45) is 0 Å². The van der Waals surface area contributed by atoms with Gasteiger partial charge in [0.1, 0.15) is 17.2 Å². The third-order valence-corrected chi connectivity index (χ3v) is 4.69. The third-order valence-electron chi connectivity index (χ3n) is 4.69. The van der Waals surface area contributed by atoms with Crippen molar-refractivity contribution in [1.82, 2.24) is 15.4 Å². The Morgan fingerprint density at radius 3 is 2.12 bits per heavy atom. The van der Waals surface area contributed by atoms with Crippen molar-refractivity contribution in [1.29, 1.82) is 0 Å². The van der Waals surface area contributed by atoms with Gasteiger partial charge in [-0.15, -0.1) is 0 Å². The fraction of sp³-hybridized carbons (Fsp3) is 0.125. The summed E-state index contributed by atoms with van der Waals surface area (Å²) in [6.07, 6.45) is -3.73. The molecular formula is C24H19F3N4O3. The van der Waals surface area contributed by atoms with Gasteiger partial charge in [-0.3, -0.25) is 20.6 Å². The lowest BCUT2D eigenvalue weighted by molar-refractivity contribution is -0.137. The second-order valence-corrected chi connectivity index (χ2v) is 7.21. The molecule has 2 N–H and O–H groups in total. The highest BCUT2D eigenvalue weighted by Gasteiger charge is 2.30. The summed E-state index contributed by atoms with van der Waals surface area (Å²) in [7, 11) is 0. The monoisotopic (exact) mass is 468 g/mol. The molecule has 10 heteroatoms. The Bertz CT molecular complexity index is 1280. The van der Waals surface area contributed by atoms with Crippen LogP contribution in [0.4, 0.5) is 19.0 Å². The fourth-order valence-corrected chi connectivity index (χ4v) is 2.94. The fourth-order valence-electron chi connectivity index (χ4n) is 2.94. The van der Waals surface area contributed by atoms with Gasteiger partial charge >= 0.3 is 6.18 Å². The average Bonchev–Trinajstić information content (AvgIpc) is 2.83. The second kappa shape index (κ2) is 9.65. The Morgan fingerprint density at radius 2 is 1.47 bits per heavy atom. The first kappa shape index (κ1) is 22.8. The van der Waals surface area contributed by atoms with Gasteiger partial charge in [0.25, 0.3) is 5.91 Å². The summed E-state index contributed by atoms with van der Waals surface area (Å²) in [6.45, 7) is 1.58. The summed E-state index contributed by atoms with van der Waals surface area (Å²) in [4.78, 5) is 20.9. The number of hydrazine groups is 1. The minimum atomic E-state index is -4.40. The van der Waals surface area contributed by atoms with Crippen LogP contribution in [0.15, 0.2) is 79.0 Å². The molecule has 1 heterocycles. The molecule has 4 rings (SSSR count). The number of alkyl halides is 3. The van der Waals surface area contributed by atoms with Crippen molar-refractivity contribution in [2.75, 3.05) is 5.43 Å². The number of nitrogens with zero attached hydrogens (tertiary/aromatic N) is 2. The van der Waals surface area contributed by atoms with E-state index in [9.17, 15) is 18.0 Å². The topological polar surface area (TPSA) is 85.4 Å². The van der Waals surface area contributed by atoms with Crippen LogP contribution in [0.3, 0.4) is 0 Å². The molecule has 1 atom stereocenters. The molecule has 174 valence electrons. The molecule has 0 saturated carbocycles. The molecular weight excluding hydrogens is 449 g/mol. The third kappa shape index (κ3) is 5.71. The molecule has 0 spiro atoms. The summed E-state index contributed by atoms with van der Waals surface area (Å²) in [6, 6.07) is 18.1. The number of carbonyl (C=O) groups is 1. The zero-order valence-electron chi connectivity index (χ0n) is 17.8. The maximum absolute atomic E-state index is 12.7. The standard InChI is InChI=1S/C24H19F3N4O3/c1-15(23(32)31-30-22-14-28-20-4-2-3-5-21(20)29-22)33-17-10-12-19(13-11-17)34-18-8-6-16(7-9-18)24(25,26)27/h2-15H,1H3,(H,29,30)(H,31,32). The summed E-state index contributed by atoms with van der Waals surface area (Å²) < 4.78 is 49.1. The summed E-state index contributed by atoms with van der Waals surface area (Å²) in [5.41, 5.74) is 5.90. The van der Waals surface area contributed by atoms with Crippen LogP contribution in [0.2, 0.25) is 0 Å². The van der Waals surface area contributed by atoms with Crippen molar-refractivity contribution in [3.8, 4) is 17.2 Å². The van der Waals surface area contributed by atoms with Crippen LogP contribution in [0.25, 0.3) is 11.0 Å². The first-order valence-electron chi connectivity index (χ1n) is 10.2. The summed E-state index contributed by atoms with van der Waals surface area (Å²) in [5, 5.41) is 0. The lowest BCUT2D eigenvalue weighted by Gasteiger charge is -2.16. The van der Waals surface area contributed by atoms with Gasteiger partial charge in [-0.1, -0.05) is 12.1 Å². The number of anilines is 1. The highest BCUT2D eigenvalue weighted by molar-refractivity contribution is 5.82.